The molecule has 1 saturated heterocycles. The van der Waals surface area contributed by atoms with Gasteiger partial charge < -0.3 is 25.9 Å². The molecule has 4 N–H and O–H groups in total. The Labute approximate surface area is 227 Å². The molecule has 38 heavy (non-hydrogen) atoms. The summed E-state index contributed by atoms with van der Waals surface area (Å²) in [5, 5.41) is 20.0. The number of hydrogen-bond donors (Lipinski definition) is 4. The Hall–Kier alpha value is -2.55. The molecule has 0 bridgehead atoms. The van der Waals surface area contributed by atoms with E-state index >= 15 is 0 Å². The van der Waals surface area contributed by atoms with Crippen LogP contribution >= 0.6 is 11.6 Å². The number of rotatable bonds is 7. The molecular formula is C29H36ClF2N3O3. The van der Waals surface area contributed by atoms with Gasteiger partial charge in [-0.15, -0.1) is 0 Å². The van der Waals surface area contributed by atoms with Crippen molar-refractivity contribution in [3.63, 3.8) is 0 Å². The van der Waals surface area contributed by atoms with Crippen LogP contribution in [-0.4, -0.2) is 48.1 Å². The Morgan fingerprint density at radius 2 is 1.87 bits per heavy atom. The van der Waals surface area contributed by atoms with Crippen LogP contribution < -0.4 is 16.0 Å². The quantitative estimate of drug-likeness (QED) is 0.378. The van der Waals surface area contributed by atoms with Gasteiger partial charge in [-0.3, -0.25) is 4.79 Å². The van der Waals surface area contributed by atoms with Crippen molar-refractivity contribution in [1.82, 2.24) is 10.6 Å². The van der Waals surface area contributed by atoms with E-state index in [2.05, 4.69) is 16.0 Å². The van der Waals surface area contributed by atoms with Gasteiger partial charge in [0.15, 0.2) is 11.6 Å². The van der Waals surface area contributed by atoms with E-state index in [1.807, 2.05) is 20.8 Å². The van der Waals surface area contributed by atoms with Gasteiger partial charge in [0.05, 0.1) is 17.1 Å². The fraction of sp³-hybridized carbons (Fsp3) is 0.517. The average molecular weight is 548 g/mol. The lowest BCUT2D eigenvalue weighted by molar-refractivity contribution is -0.127. The molecule has 0 aromatic heterocycles. The topological polar surface area (TPSA) is 90.5 Å². The maximum absolute atomic E-state index is 14.8. The first-order valence-electron chi connectivity index (χ1n) is 12.9. The van der Waals surface area contributed by atoms with Crippen LogP contribution in [0.5, 0.6) is 0 Å². The molecule has 1 saturated carbocycles. The highest BCUT2D eigenvalue weighted by atomic mass is 35.5. The first-order valence-corrected chi connectivity index (χ1v) is 13.3. The Balaban J connectivity index is 1.93. The zero-order chi connectivity index (χ0) is 28.0. The number of hydrogen-bond acceptors (Lipinski definition) is 5. The third kappa shape index (κ3) is 5.31. The van der Waals surface area contributed by atoms with Crippen molar-refractivity contribution in [2.75, 3.05) is 12.4 Å². The third-order valence-electron chi connectivity index (χ3n) is 7.82. The Morgan fingerprint density at radius 3 is 2.42 bits per heavy atom. The highest BCUT2D eigenvalue weighted by Crippen LogP contribution is 2.52. The minimum absolute atomic E-state index is 0.206. The zero-order valence-electron chi connectivity index (χ0n) is 22.4. The van der Waals surface area contributed by atoms with E-state index in [1.165, 1.54) is 0 Å². The molecule has 6 nitrogen and oxygen atoms in total. The van der Waals surface area contributed by atoms with Crippen LogP contribution in [0.3, 0.4) is 0 Å². The maximum Gasteiger partial charge on any atom is 0.238 e. The second kappa shape index (κ2) is 10.2. The number of anilines is 1. The molecule has 2 fully saturated rings. The lowest BCUT2D eigenvalue weighted by Crippen LogP contribution is -2.57. The number of aliphatic hydroxyl groups is 1. The molecule has 4 rings (SSSR count). The smallest absolute Gasteiger partial charge is 0.238 e. The van der Waals surface area contributed by atoms with Gasteiger partial charge in [-0.2, -0.15) is 0 Å². The molecule has 0 unspecified atom stereocenters. The fourth-order valence-electron chi connectivity index (χ4n) is 6.26. The van der Waals surface area contributed by atoms with Crippen LogP contribution in [0.4, 0.5) is 14.5 Å². The number of amides is 1. The van der Waals surface area contributed by atoms with Crippen LogP contribution in [0.15, 0.2) is 36.4 Å². The SMILES string of the molecule is CNc1cc(F)c(F)cc1[C@]1(C=O)[C@@H](CC(C)(C)C)N[C@@H](C(=O)NC2CC(C)(O)C2)[C@@H]1c1cccc(Cl)c1. The number of halogens is 3. The first-order chi connectivity index (χ1) is 17.7. The van der Waals surface area contributed by atoms with Gasteiger partial charge in [0.25, 0.3) is 0 Å². The predicted octanol–water partition coefficient (Wildman–Crippen LogP) is 4.69. The fourth-order valence-corrected chi connectivity index (χ4v) is 6.46. The molecule has 2 aromatic rings. The van der Waals surface area contributed by atoms with Crippen LogP contribution in [0, 0.1) is 17.0 Å². The number of benzene rings is 2. The second-order valence-corrected chi connectivity index (χ2v) is 12.7. The Morgan fingerprint density at radius 1 is 1.21 bits per heavy atom. The summed E-state index contributed by atoms with van der Waals surface area (Å²) in [5.41, 5.74) is -1.40. The largest absolute Gasteiger partial charge is 0.390 e. The van der Waals surface area contributed by atoms with Gasteiger partial charge in [-0.05, 0) is 60.9 Å². The third-order valence-corrected chi connectivity index (χ3v) is 8.06. The van der Waals surface area contributed by atoms with Crippen LogP contribution in [-0.2, 0) is 15.0 Å². The van der Waals surface area contributed by atoms with Gasteiger partial charge in [0.1, 0.15) is 6.29 Å². The van der Waals surface area contributed by atoms with Crippen LogP contribution in [0.2, 0.25) is 5.02 Å². The highest BCUT2D eigenvalue weighted by Gasteiger charge is 2.60. The van der Waals surface area contributed by atoms with Crippen molar-refractivity contribution in [1.29, 1.82) is 0 Å². The van der Waals surface area contributed by atoms with E-state index in [0.717, 1.165) is 18.4 Å². The van der Waals surface area contributed by atoms with Gasteiger partial charge in [-0.1, -0.05) is 44.5 Å². The second-order valence-electron chi connectivity index (χ2n) is 12.2. The lowest BCUT2D eigenvalue weighted by atomic mass is 9.62. The minimum Gasteiger partial charge on any atom is -0.390 e. The van der Waals surface area contributed by atoms with E-state index < -0.39 is 40.7 Å². The van der Waals surface area contributed by atoms with Gasteiger partial charge in [-0.25, -0.2) is 8.78 Å². The number of carbonyl (C=O) groups excluding carboxylic acids is 2. The summed E-state index contributed by atoms with van der Waals surface area (Å²) < 4.78 is 29.1. The van der Waals surface area contributed by atoms with E-state index in [9.17, 15) is 23.5 Å². The van der Waals surface area contributed by atoms with E-state index in [0.29, 0.717) is 29.8 Å². The molecule has 2 aliphatic rings. The normalized spacial score (nSPS) is 31.0. The molecule has 1 aliphatic carbocycles. The monoisotopic (exact) mass is 547 g/mol. The summed E-state index contributed by atoms with van der Waals surface area (Å²) >= 11 is 6.37. The summed E-state index contributed by atoms with van der Waals surface area (Å²) in [6.07, 6.45) is 2.08. The number of nitrogens with one attached hydrogen (secondary N) is 3. The minimum atomic E-state index is -1.45. The molecular weight excluding hydrogens is 512 g/mol. The van der Waals surface area contributed by atoms with Crippen LogP contribution in [0.25, 0.3) is 0 Å². The summed E-state index contributed by atoms with van der Waals surface area (Å²) in [6, 6.07) is 7.37. The summed E-state index contributed by atoms with van der Waals surface area (Å²) in [4.78, 5) is 27.2. The van der Waals surface area contributed by atoms with Gasteiger partial charge in [0.2, 0.25) is 5.91 Å². The number of carbonyl (C=O) groups is 2. The molecule has 0 spiro atoms. The van der Waals surface area contributed by atoms with E-state index in [1.54, 1.807) is 38.2 Å². The summed E-state index contributed by atoms with van der Waals surface area (Å²) in [6.45, 7) is 7.78. The Kier molecular flexibility index (Phi) is 7.64. The summed E-state index contributed by atoms with van der Waals surface area (Å²) in [5.74, 6) is -3.23. The zero-order valence-corrected chi connectivity index (χ0v) is 23.1. The van der Waals surface area contributed by atoms with Crippen molar-refractivity contribution >= 4 is 29.5 Å². The standard InChI is InChI=1S/C29H36ClF2N3O3/c1-27(2,3)14-23-29(15-36,19-10-20(31)21(32)11-22(19)33-5)24(16-7-6-8-17(30)9-16)25(35-23)26(37)34-18-12-28(4,38)13-18/h6-11,15,18,23-25,33,35,38H,12-14H2,1-5H3,(H,34,37)/t18?,23-,24+,25-,28?,29-/m1/s1. The molecule has 2 aromatic carbocycles. The molecule has 206 valence electrons. The first kappa shape index (κ1) is 28.5. The van der Waals surface area contributed by atoms with Crippen molar-refractivity contribution in [3.05, 3.63) is 64.2 Å². The molecule has 0 radical (unpaired) electrons. The summed E-state index contributed by atoms with van der Waals surface area (Å²) in [7, 11) is 1.58. The lowest BCUT2D eigenvalue weighted by Gasteiger charge is -2.42. The molecule has 1 amide bonds. The van der Waals surface area contributed by atoms with E-state index in [-0.39, 0.29) is 28.6 Å². The van der Waals surface area contributed by atoms with Crippen molar-refractivity contribution in [2.24, 2.45) is 5.41 Å². The van der Waals surface area contributed by atoms with Gasteiger partial charge in [0, 0.05) is 41.8 Å². The van der Waals surface area contributed by atoms with Crippen molar-refractivity contribution < 1.29 is 23.5 Å². The molecule has 1 aliphatic heterocycles. The molecule has 1 heterocycles. The van der Waals surface area contributed by atoms with E-state index in [4.69, 9.17) is 11.6 Å². The van der Waals surface area contributed by atoms with Gasteiger partial charge >= 0.3 is 0 Å². The average Bonchev–Trinajstić information content (AvgIpc) is 3.12. The Bertz CT molecular complexity index is 1220. The molecule has 9 heteroatoms. The van der Waals surface area contributed by atoms with Crippen molar-refractivity contribution in [3.8, 4) is 0 Å². The number of aldehydes is 1. The van der Waals surface area contributed by atoms with Crippen molar-refractivity contribution in [2.45, 2.75) is 82.0 Å². The highest BCUT2D eigenvalue weighted by molar-refractivity contribution is 6.30. The maximum atomic E-state index is 14.8. The predicted molar refractivity (Wildman–Crippen MR) is 144 cm³/mol. The molecule has 4 atom stereocenters. The van der Waals surface area contributed by atoms with Crippen LogP contribution in [0.1, 0.15) is 64.0 Å².